The number of hydrogen-bond donors (Lipinski definition) is 3. The first-order valence-electron chi connectivity index (χ1n) is 11.5. The minimum Gasteiger partial charge on any atom is -0.489 e. The first-order chi connectivity index (χ1) is 17.0. The second kappa shape index (κ2) is 11.5. The molecule has 1 saturated heterocycles. The molecule has 3 aromatic rings. The van der Waals surface area contributed by atoms with Crippen LogP contribution in [-0.2, 0) is 6.61 Å². The van der Waals surface area contributed by atoms with E-state index in [-0.39, 0.29) is 24.3 Å². The Balaban J connectivity index is 1.34. The SMILES string of the molecule is O=C(N[C@H]1CN(C(=O)Nc2ccc(F)cc2)CCC[C@H]1O)c1ccc(OCc2ccccc2)cc1. The lowest BCUT2D eigenvalue weighted by Crippen LogP contribution is -2.50. The molecule has 0 aliphatic carbocycles. The number of carbonyl (C=O) groups excluding carboxylic acids is 2. The molecule has 1 heterocycles. The Bertz CT molecular complexity index is 1120. The van der Waals surface area contributed by atoms with Crippen LogP contribution in [0.1, 0.15) is 28.8 Å². The summed E-state index contributed by atoms with van der Waals surface area (Å²) in [6, 6.07) is 21.1. The summed E-state index contributed by atoms with van der Waals surface area (Å²) < 4.78 is 18.9. The van der Waals surface area contributed by atoms with Gasteiger partial charge >= 0.3 is 6.03 Å². The lowest BCUT2D eigenvalue weighted by Gasteiger charge is -2.27. The molecule has 3 aromatic carbocycles. The Labute approximate surface area is 203 Å². The van der Waals surface area contributed by atoms with Crippen molar-refractivity contribution in [1.82, 2.24) is 10.2 Å². The number of hydrogen-bond acceptors (Lipinski definition) is 4. The molecule has 7 nitrogen and oxygen atoms in total. The number of likely N-dealkylation sites (tertiary alicyclic amines) is 1. The number of anilines is 1. The highest BCUT2D eigenvalue weighted by Crippen LogP contribution is 2.17. The van der Waals surface area contributed by atoms with E-state index in [1.807, 2.05) is 30.3 Å². The van der Waals surface area contributed by atoms with Crippen LogP contribution < -0.4 is 15.4 Å². The minimum absolute atomic E-state index is 0.151. The average Bonchev–Trinajstić information content (AvgIpc) is 3.06. The zero-order valence-electron chi connectivity index (χ0n) is 19.2. The number of nitrogens with one attached hydrogen (secondary N) is 2. The molecule has 0 aromatic heterocycles. The Morgan fingerprint density at radius 3 is 2.43 bits per heavy atom. The standard InChI is InChI=1S/C27H28FN3O4/c28-21-10-12-22(13-11-21)29-27(34)31-16-4-7-25(32)24(17-31)30-26(33)20-8-14-23(15-9-20)35-18-19-5-2-1-3-6-19/h1-3,5-6,8-15,24-25,32H,4,7,16-18H2,(H,29,34)(H,30,33)/t24-,25+/m0/s1. The summed E-state index contributed by atoms with van der Waals surface area (Å²) in [6.45, 7) is 1.01. The third-order valence-corrected chi connectivity index (χ3v) is 5.87. The molecule has 1 aliphatic rings. The lowest BCUT2D eigenvalue weighted by molar-refractivity contribution is 0.0811. The number of aliphatic hydroxyl groups is 1. The molecule has 4 rings (SSSR count). The third-order valence-electron chi connectivity index (χ3n) is 5.87. The first-order valence-corrected chi connectivity index (χ1v) is 11.5. The smallest absolute Gasteiger partial charge is 0.321 e. The lowest BCUT2D eigenvalue weighted by atomic mass is 10.1. The van der Waals surface area contributed by atoms with Gasteiger partial charge in [-0.25, -0.2) is 9.18 Å². The van der Waals surface area contributed by atoms with Crippen molar-refractivity contribution >= 4 is 17.6 Å². The van der Waals surface area contributed by atoms with E-state index in [1.54, 1.807) is 29.2 Å². The Hall–Kier alpha value is -3.91. The molecule has 0 spiro atoms. The second-order valence-electron chi connectivity index (χ2n) is 8.47. The van der Waals surface area contributed by atoms with Crippen molar-refractivity contribution in [2.75, 3.05) is 18.4 Å². The van der Waals surface area contributed by atoms with Crippen LogP contribution in [0.4, 0.5) is 14.9 Å². The highest BCUT2D eigenvalue weighted by atomic mass is 19.1. The molecule has 3 amide bonds. The van der Waals surface area contributed by atoms with Crippen molar-refractivity contribution in [2.45, 2.75) is 31.6 Å². The van der Waals surface area contributed by atoms with Gasteiger partial charge in [0.05, 0.1) is 12.1 Å². The van der Waals surface area contributed by atoms with Gasteiger partial charge in [-0.05, 0) is 66.9 Å². The maximum atomic E-state index is 13.1. The highest BCUT2D eigenvalue weighted by Gasteiger charge is 2.29. The summed E-state index contributed by atoms with van der Waals surface area (Å²) in [5.41, 5.74) is 1.94. The largest absolute Gasteiger partial charge is 0.489 e. The van der Waals surface area contributed by atoms with E-state index in [0.717, 1.165) is 5.56 Å². The van der Waals surface area contributed by atoms with Gasteiger partial charge in [0.2, 0.25) is 0 Å². The van der Waals surface area contributed by atoms with Gasteiger partial charge in [0.15, 0.2) is 0 Å². The fourth-order valence-electron chi connectivity index (χ4n) is 3.90. The van der Waals surface area contributed by atoms with E-state index in [2.05, 4.69) is 10.6 Å². The van der Waals surface area contributed by atoms with E-state index >= 15 is 0 Å². The van der Waals surface area contributed by atoms with Crippen molar-refractivity contribution < 1.29 is 23.8 Å². The van der Waals surface area contributed by atoms with Crippen molar-refractivity contribution in [3.8, 4) is 5.75 Å². The molecule has 0 bridgehead atoms. The molecule has 0 unspecified atom stereocenters. The van der Waals surface area contributed by atoms with Gasteiger partial charge in [0.1, 0.15) is 18.2 Å². The third kappa shape index (κ3) is 6.80. The second-order valence-corrected chi connectivity index (χ2v) is 8.47. The van der Waals surface area contributed by atoms with E-state index in [9.17, 15) is 19.1 Å². The number of benzene rings is 3. The number of urea groups is 1. The molecule has 3 N–H and O–H groups in total. The van der Waals surface area contributed by atoms with Gasteiger partial charge in [-0.2, -0.15) is 0 Å². The van der Waals surface area contributed by atoms with Gasteiger partial charge in [-0.15, -0.1) is 0 Å². The topological polar surface area (TPSA) is 90.9 Å². The Morgan fingerprint density at radius 2 is 1.71 bits per heavy atom. The summed E-state index contributed by atoms with van der Waals surface area (Å²) in [4.78, 5) is 27.1. The van der Waals surface area contributed by atoms with Crippen molar-refractivity contribution in [3.63, 3.8) is 0 Å². The van der Waals surface area contributed by atoms with Crippen molar-refractivity contribution in [1.29, 1.82) is 0 Å². The molecule has 1 fully saturated rings. The maximum absolute atomic E-state index is 13.1. The van der Waals surface area contributed by atoms with Crippen LogP contribution in [0.2, 0.25) is 0 Å². The maximum Gasteiger partial charge on any atom is 0.321 e. The van der Waals surface area contributed by atoms with Gasteiger partial charge in [-0.3, -0.25) is 4.79 Å². The van der Waals surface area contributed by atoms with Crippen LogP contribution in [0.25, 0.3) is 0 Å². The van der Waals surface area contributed by atoms with E-state index in [1.165, 1.54) is 24.3 Å². The Kier molecular flexibility index (Phi) is 7.95. The molecule has 1 aliphatic heterocycles. The average molecular weight is 478 g/mol. The van der Waals surface area contributed by atoms with E-state index in [4.69, 9.17) is 4.74 Å². The van der Waals surface area contributed by atoms with Gasteiger partial charge in [0.25, 0.3) is 5.91 Å². The number of carbonyl (C=O) groups is 2. The number of rotatable bonds is 6. The predicted molar refractivity (Wildman–Crippen MR) is 131 cm³/mol. The number of amides is 3. The van der Waals surface area contributed by atoms with Gasteiger partial charge in [-0.1, -0.05) is 30.3 Å². The van der Waals surface area contributed by atoms with Gasteiger partial charge < -0.3 is 25.4 Å². The monoisotopic (exact) mass is 477 g/mol. The molecule has 2 atom stereocenters. The molecule has 35 heavy (non-hydrogen) atoms. The normalized spacial score (nSPS) is 17.8. The quantitative estimate of drug-likeness (QED) is 0.497. The zero-order valence-corrected chi connectivity index (χ0v) is 19.2. The summed E-state index contributed by atoms with van der Waals surface area (Å²) in [6.07, 6.45) is 0.270. The van der Waals surface area contributed by atoms with E-state index in [0.29, 0.717) is 43.0 Å². The predicted octanol–water partition coefficient (Wildman–Crippen LogP) is 4.19. The fourth-order valence-corrected chi connectivity index (χ4v) is 3.90. The summed E-state index contributed by atoms with van der Waals surface area (Å²) in [5, 5.41) is 16.1. The molecule has 0 saturated carbocycles. The van der Waals surface area contributed by atoms with Crippen molar-refractivity contribution in [3.05, 3.63) is 95.8 Å². The zero-order chi connectivity index (χ0) is 24.6. The molecule has 182 valence electrons. The van der Waals surface area contributed by atoms with Crippen LogP contribution >= 0.6 is 0 Å². The number of halogens is 1. The van der Waals surface area contributed by atoms with Gasteiger partial charge in [0, 0.05) is 24.3 Å². The van der Waals surface area contributed by atoms with Crippen molar-refractivity contribution in [2.24, 2.45) is 0 Å². The summed E-state index contributed by atoms with van der Waals surface area (Å²) in [5.74, 6) is -0.0903. The van der Waals surface area contributed by atoms with E-state index < -0.39 is 12.1 Å². The van der Waals surface area contributed by atoms with Crippen LogP contribution in [0.3, 0.4) is 0 Å². The Morgan fingerprint density at radius 1 is 1.00 bits per heavy atom. The molecular weight excluding hydrogens is 449 g/mol. The first kappa shape index (κ1) is 24.2. The number of ether oxygens (including phenoxy) is 1. The highest BCUT2D eigenvalue weighted by molar-refractivity contribution is 5.94. The summed E-state index contributed by atoms with van der Waals surface area (Å²) in [7, 11) is 0. The fraction of sp³-hybridized carbons (Fsp3) is 0.259. The number of nitrogens with zero attached hydrogens (tertiary/aromatic N) is 1. The van der Waals surface area contributed by atoms with Crippen LogP contribution in [0.15, 0.2) is 78.9 Å². The minimum atomic E-state index is -0.781. The summed E-state index contributed by atoms with van der Waals surface area (Å²) >= 11 is 0. The van der Waals surface area contributed by atoms with Crippen LogP contribution in [0, 0.1) is 5.82 Å². The molecule has 0 radical (unpaired) electrons. The van der Waals surface area contributed by atoms with Crippen LogP contribution in [0.5, 0.6) is 5.75 Å². The van der Waals surface area contributed by atoms with Crippen LogP contribution in [-0.4, -0.2) is 47.2 Å². The molecule has 8 heteroatoms. The molecular formula is C27H28FN3O4. The number of aliphatic hydroxyl groups excluding tert-OH is 1.